The summed E-state index contributed by atoms with van der Waals surface area (Å²) in [5.41, 5.74) is 7.56. The summed E-state index contributed by atoms with van der Waals surface area (Å²) in [6.45, 7) is 4.56. The maximum atomic E-state index is 4.82. The standard InChI is InChI=1S/C35H26N6/c1-35(2)27-10-8-20-39-34(27)41(32-12-4-6-18-37-32)30-16-14-24(22-28(30)35)23-13-15-29-26(21-23)25-9-7-19-38-33(25)40(29)31-11-3-5-17-36-31/h3-22H,1-2H3. The van der Waals surface area contributed by atoms with Crippen molar-refractivity contribution in [1.82, 2.24) is 24.5 Å². The quantitative estimate of drug-likeness (QED) is 0.231. The first-order valence-electron chi connectivity index (χ1n) is 13.7. The first kappa shape index (κ1) is 23.5. The molecule has 0 saturated carbocycles. The van der Waals surface area contributed by atoms with Crippen LogP contribution in [-0.2, 0) is 5.41 Å². The third-order valence-corrected chi connectivity index (χ3v) is 8.20. The maximum Gasteiger partial charge on any atom is 0.146 e. The van der Waals surface area contributed by atoms with Gasteiger partial charge in [-0.05, 0) is 83.4 Å². The predicted molar refractivity (Wildman–Crippen MR) is 164 cm³/mol. The smallest absolute Gasteiger partial charge is 0.146 e. The molecule has 6 nitrogen and oxygen atoms in total. The largest absolute Gasteiger partial charge is 0.278 e. The Hall–Kier alpha value is -5.36. The third kappa shape index (κ3) is 3.50. The van der Waals surface area contributed by atoms with Crippen LogP contribution in [0.25, 0.3) is 38.9 Å². The van der Waals surface area contributed by atoms with E-state index in [1.807, 2.05) is 73.3 Å². The molecule has 0 amide bonds. The SMILES string of the molecule is CC1(C)c2cc(-c3ccc4c(c3)c3cccnc3n4-c3ccccn3)ccc2N(c2ccccn2)c2ncccc21. The number of nitrogens with zero attached hydrogens (tertiary/aromatic N) is 6. The van der Waals surface area contributed by atoms with E-state index in [2.05, 4.69) is 76.8 Å². The molecule has 196 valence electrons. The maximum absolute atomic E-state index is 4.82. The van der Waals surface area contributed by atoms with Crippen LogP contribution < -0.4 is 4.90 Å². The molecule has 0 atom stereocenters. The Morgan fingerprint density at radius 3 is 2.07 bits per heavy atom. The summed E-state index contributed by atoms with van der Waals surface area (Å²) >= 11 is 0. The van der Waals surface area contributed by atoms with Gasteiger partial charge in [-0.3, -0.25) is 9.47 Å². The van der Waals surface area contributed by atoms with E-state index >= 15 is 0 Å². The van der Waals surface area contributed by atoms with Crippen molar-refractivity contribution in [2.24, 2.45) is 0 Å². The number of pyridine rings is 4. The van der Waals surface area contributed by atoms with Gasteiger partial charge in [-0.1, -0.05) is 44.2 Å². The molecule has 0 fully saturated rings. The highest BCUT2D eigenvalue weighted by molar-refractivity contribution is 6.09. The van der Waals surface area contributed by atoms with Gasteiger partial charge in [0, 0.05) is 46.5 Å². The highest BCUT2D eigenvalue weighted by Crippen LogP contribution is 2.51. The average molecular weight is 531 g/mol. The zero-order valence-electron chi connectivity index (χ0n) is 22.7. The monoisotopic (exact) mass is 530 g/mol. The van der Waals surface area contributed by atoms with Crippen molar-refractivity contribution in [2.45, 2.75) is 19.3 Å². The third-order valence-electron chi connectivity index (χ3n) is 8.20. The highest BCUT2D eigenvalue weighted by Gasteiger charge is 2.38. The second kappa shape index (κ2) is 8.83. The van der Waals surface area contributed by atoms with Gasteiger partial charge in [0.05, 0.1) is 11.2 Å². The Bertz CT molecular complexity index is 2080. The van der Waals surface area contributed by atoms with Crippen LogP contribution in [0.5, 0.6) is 0 Å². The number of anilines is 3. The van der Waals surface area contributed by atoms with E-state index in [-0.39, 0.29) is 5.41 Å². The van der Waals surface area contributed by atoms with Gasteiger partial charge in [-0.25, -0.2) is 19.9 Å². The van der Waals surface area contributed by atoms with Gasteiger partial charge < -0.3 is 0 Å². The van der Waals surface area contributed by atoms with E-state index in [0.717, 1.165) is 56.2 Å². The fourth-order valence-corrected chi connectivity index (χ4v) is 6.20. The molecule has 0 aliphatic carbocycles. The van der Waals surface area contributed by atoms with E-state index in [1.165, 1.54) is 11.1 Å². The van der Waals surface area contributed by atoms with E-state index in [0.29, 0.717) is 0 Å². The summed E-state index contributed by atoms with van der Waals surface area (Å²) in [5.74, 6) is 2.64. The van der Waals surface area contributed by atoms with Crippen LogP contribution in [0.2, 0.25) is 0 Å². The molecule has 41 heavy (non-hydrogen) atoms. The zero-order valence-corrected chi connectivity index (χ0v) is 22.7. The molecule has 7 aromatic rings. The van der Waals surface area contributed by atoms with Gasteiger partial charge in [0.25, 0.3) is 0 Å². The number of aromatic nitrogens is 5. The number of fused-ring (bicyclic) bond motifs is 5. The minimum absolute atomic E-state index is 0.247. The average Bonchev–Trinajstić information content (AvgIpc) is 3.36. The van der Waals surface area contributed by atoms with Gasteiger partial charge in [0.15, 0.2) is 0 Å². The Balaban J connectivity index is 1.33. The Labute approximate surface area is 237 Å². The molecule has 0 bridgehead atoms. The molecule has 2 aromatic carbocycles. The van der Waals surface area contributed by atoms with Gasteiger partial charge in [0.2, 0.25) is 0 Å². The van der Waals surface area contributed by atoms with Gasteiger partial charge in [0.1, 0.15) is 23.1 Å². The van der Waals surface area contributed by atoms with Gasteiger partial charge in [-0.2, -0.15) is 0 Å². The van der Waals surface area contributed by atoms with Crippen molar-refractivity contribution in [3.63, 3.8) is 0 Å². The van der Waals surface area contributed by atoms with Crippen molar-refractivity contribution in [2.75, 3.05) is 4.90 Å². The molecule has 0 radical (unpaired) electrons. The molecule has 0 spiro atoms. The molecule has 0 unspecified atom stereocenters. The lowest BCUT2D eigenvalue weighted by molar-refractivity contribution is 0.627. The normalized spacial score (nSPS) is 13.8. The van der Waals surface area contributed by atoms with Crippen molar-refractivity contribution >= 4 is 39.3 Å². The number of rotatable bonds is 3. The molecule has 6 heterocycles. The number of benzene rings is 2. The molecule has 0 saturated heterocycles. The van der Waals surface area contributed by atoms with Gasteiger partial charge in [-0.15, -0.1) is 0 Å². The van der Waals surface area contributed by atoms with Crippen LogP contribution in [0.1, 0.15) is 25.0 Å². The Morgan fingerprint density at radius 1 is 0.561 bits per heavy atom. The summed E-state index contributed by atoms with van der Waals surface area (Å²) in [5, 5.41) is 2.26. The Kier molecular flexibility index (Phi) is 5.06. The summed E-state index contributed by atoms with van der Waals surface area (Å²) in [6, 6.07) is 33.7. The van der Waals surface area contributed by atoms with E-state index in [1.54, 1.807) is 0 Å². The zero-order chi connectivity index (χ0) is 27.6. The van der Waals surface area contributed by atoms with Crippen molar-refractivity contribution in [3.05, 3.63) is 133 Å². The molecule has 1 aliphatic heterocycles. The van der Waals surface area contributed by atoms with E-state index < -0.39 is 0 Å². The van der Waals surface area contributed by atoms with Gasteiger partial charge >= 0.3 is 0 Å². The van der Waals surface area contributed by atoms with Crippen LogP contribution in [0.4, 0.5) is 17.3 Å². The highest BCUT2D eigenvalue weighted by atomic mass is 15.2. The molecule has 5 aromatic heterocycles. The van der Waals surface area contributed by atoms with E-state index in [9.17, 15) is 0 Å². The lowest BCUT2D eigenvalue weighted by Crippen LogP contribution is -2.31. The predicted octanol–water partition coefficient (Wildman–Crippen LogP) is 8.14. The fraction of sp³-hybridized carbons (Fsp3) is 0.0857. The summed E-state index contributed by atoms with van der Waals surface area (Å²) in [6.07, 6.45) is 7.35. The van der Waals surface area contributed by atoms with Crippen LogP contribution in [-0.4, -0.2) is 24.5 Å². The lowest BCUT2D eigenvalue weighted by atomic mass is 9.74. The van der Waals surface area contributed by atoms with Crippen LogP contribution in [0.3, 0.4) is 0 Å². The number of hydrogen-bond donors (Lipinski definition) is 0. The molecule has 8 rings (SSSR count). The first-order valence-corrected chi connectivity index (χ1v) is 13.7. The molecular formula is C35H26N6. The topological polar surface area (TPSA) is 59.7 Å². The second-order valence-corrected chi connectivity index (χ2v) is 10.9. The van der Waals surface area contributed by atoms with E-state index in [4.69, 9.17) is 15.0 Å². The van der Waals surface area contributed by atoms with Crippen LogP contribution >= 0.6 is 0 Å². The van der Waals surface area contributed by atoms with Crippen molar-refractivity contribution in [1.29, 1.82) is 0 Å². The summed E-state index contributed by atoms with van der Waals surface area (Å²) in [7, 11) is 0. The van der Waals surface area contributed by atoms with Crippen molar-refractivity contribution < 1.29 is 0 Å². The summed E-state index contributed by atoms with van der Waals surface area (Å²) < 4.78 is 2.14. The molecular weight excluding hydrogens is 504 g/mol. The lowest BCUT2D eigenvalue weighted by Gasteiger charge is -2.40. The van der Waals surface area contributed by atoms with Crippen LogP contribution in [0, 0.1) is 0 Å². The minimum Gasteiger partial charge on any atom is -0.278 e. The fourth-order valence-electron chi connectivity index (χ4n) is 6.20. The summed E-state index contributed by atoms with van der Waals surface area (Å²) in [4.78, 5) is 21.0. The Morgan fingerprint density at radius 2 is 1.27 bits per heavy atom. The minimum atomic E-state index is -0.247. The van der Waals surface area contributed by atoms with Crippen molar-refractivity contribution in [3.8, 4) is 16.9 Å². The van der Waals surface area contributed by atoms with Crippen LogP contribution in [0.15, 0.2) is 122 Å². The molecule has 0 N–H and O–H groups in total. The second-order valence-electron chi connectivity index (χ2n) is 10.9. The first-order chi connectivity index (χ1) is 20.1. The molecule has 1 aliphatic rings. The number of hydrogen-bond acceptors (Lipinski definition) is 5. The molecule has 6 heteroatoms.